The van der Waals surface area contributed by atoms with Crippen LogP contribution in [0.25, 0.3) is 0 Å². The minimum Gasteiger partial charge on any atom is -0.486 e. The number of furan rings is 1. The number of hydrogen-bond donors (Lipinski definition) is 1. The van der Waals surface area contributed by atoms with Crippen molar-refractivity contribution in [3.63, 3.8) is 0 Å². The standard InChI is InChI=1S/C18H21BrN2O3/c19-13-4-6-15(7-5-13)23-12-16-8-9-17(24-16)18(22)21-10-2-1-3-14(21)11-20/h4-9,14H,1-3,10-12,20H2. The van der Waals surface area contributed by atoms with Gasteiger partial charge in [0.15, 0.2) is 5.76 Å². The second-order valence-corrected chi connectivity index (χ2v) is 6.81. The highest BCUT2D eigenvalue weighted by atomic mass is 79.9. The van der Waals surface area contributed by atoms with Gasteiger partial charge in [-0.15, -0.1) is 0 Å². The SMILES string of the molecule is NCC1CCCCN1C(=O)c1ccc(COc2ccc(Br)cc2)o1. The number of halogens is 1. The summed E-state index contributed by atoms with van der Waals surface area (Å²) in [5.74, 6) is 1.65. The van der Waals surface area contributed by atoms with E-state index in [4.69, 9.17) is 14.9 Å². The monoisotopic (exact) mass is 392 g/mol. The minimum atomic E-state index is -0.0833. The Labute approximate surface area is 149 Å². The summed E-state index contributed by atoms with van der Waals surface area (Å²) >= 11 is 3.38. The first-order chi connectivity index (χ1) is 11.7. The number of carbonyl (C=O) groups excluding carboxylic acids is 1. The Hall–Kier alpha value is -1.79. The van der Waals surface area contributed by atoms with Crippen LogP contribution in [0.4, 0.5) is 0 Å². The molecule has 1 atom stereocenters. The third kappa shape index (κ3) is 3.99. The normalized spacial score (nSPS) is 17.8. The second kappa shape index (κ2) is 7.85. The van der Waals surface area contributed by atoms with Crippen LogP contribution in [-0.2, 0) is 6.61 Å². The molecule has 2 aromatic rings. The fourth-order valence-corrected chi connectivity index (χ4v) is 3.17. The molecule has 1 aromatic heterocycles. The zero-order valence-corrected chi connectivity index (χ0v) is 15.0. The van der Waals surface area contributed by atoms with E-state index in [-0.39, 0.29) is 18.6 Å². The maximum Gasteiger partial charge on any atom is 0.289 e. The Morgan fingerprint density at radius 2 is 2.04 bits per heavy atom. The van der Waals surface area contributed by atoms with Gasteiger partial charge in [-0.05, 0) is 55.7 Å². The number of rotatable bonds is 5. The van der Waals surface area contributed by atoms with Crippen molar-refractivity contribution in [3.8, 4) is 5.75 Å². The van der Waals surface area contributed by atoms with E-state index in [1.165, 1.54) is 0 Å². The van der Waals surface area contributed by atoms with E-state index in [0.717, 1.165) is 36.0 Å². The van der Waals surface area contributed by atoms with Crippen molar-refractivity contribution in [2.24, 2.45) is 5.73 Å². The molecule has 0 spiro atoms. The Morgan fingerprint density at radius 3 is 2.79 bits per heavy atom. The Bertz CT molecular complexity index is 684. The molecule has 1 unspecified atom stereocenters. The number of amides is 1. The highest BCUT2D eigenvalue weighted by Crippen LogP contribution is 2.21. The number of hydrogen-bond acceptors (Lipinski definition) is 4. The van der Waals surface area contributed by atoms with E-state index in [1.807, 2.05) is 29.2 Å². The van der Waals surface area contributed by atoms with Gasteiger partial charge < -0.3 is 19.8 Å². The maximum absolute atomic E-state index is 12.6. The van der Waals surface area contributed by atoms with E-state index in [0.29, 0.717) is 18.1 Å². The highest BCUT2D eigenvalue weighted by Gasteiger charge is 2.28. The molecule has 1 fully saturated rings. The minimum absolute atomic E-state index is 0.0833. The molecule has 1 aliphatic rings. The zero-order valence-electron chi connectivity index (χ0n) is 13.4. The molecule has 0 aliphatic carbocycles. The van der Waals surface area contributed by atoms with Crippen molar-refractivity contribution < 1.29 is 13.9 Å². The van der Waals surface area contributed by atoms with E-state index in [9.17, 15) is 4.79 Å². The van der Waals surface area contributed by atoms with Crippen molar-refractivity contribution in [1.29, 1.82) is 0 Å². The summed E-state index contributed by atoms with van der Waals surface area (Å²) < 4.78 is 12.3. The number of ether oxygens (including phenoxy) is 1. The lowest BCUT2D eigenvalue weighted by Gasteiger charge is -2.34. The van der Waals surface area contributed by atoms with Crippen molar-refractivity contribution >= 4 is 21.8 Å². The van der Waals surface area contributed by atoms with Gasteiger partial charge in [0.1, 0.15) is 18.1 Å². The average Bonchev–Trinajstić information content (AvgIpc) is 3.09. The van der Waals surface area contributed by atoms with Gasteiger partial charge >= 0.3 is 0 Å². The lowest BCUT2D eigenvalue weighted by molar-refractivity contribution is 0.0587. The Balaban J connectivity index is 1.62. The van der Waals surface area contributed by atoms with Gasteiger partial charge in [0.25, 0.3) is 5.91 Å². The second-order valence-electron chi connectivity index (χ2n) is 5.89. The molecule has 1 saturated heterocycles. The predicted molar refractivity (Wildman–Crippen MR) is 94.9 cm³/mol. The fraction of sp³-hybridized carbons (Fsp3) is 0.389. The van der Waals surface area contributed by atoms with Crippen LogP contribution in [0, 0.1) is 0 Å². The van der Waals surface area contributed by atoms with Crippen LogP contribution in [0.15, 0.2) is 45.3 Å². The smallest absolute Gasteiger partial charge is 0.289 e. The van der Waals surface area contributed by atoms with Crippen LogP contribution in [-0.4, -0.2) is 29.9 Å². The Morgan fingerprint density at radius 1 is 1.25 bits per heavy atom. The maximum atomic E-state index is 12.6. The van der Waals surface area contributed by atoms with E-state index in [2.05, 4.69) is 15.9 Å². The van der Waals surface area contributed by atoms with Crippen LogP contribution in [0.1, 0.15) is 35.6 Å². The molecule has 128 valence electrons. The van der Waals surface area contributed by atoms with Crippen LogP contribution in [0.2, 0.25) is 0 Å². The number of nitrogens with two attached hydrogens (primary N) is 1. The van der Waals surface area contributed by atoms with Gasteiger partial charge in [-0.1, -0.05) is 15.9 Å². The van der Waals surface area contributed by atoms with Crippen molar-refractivity contribution in [2.75, 3.05) is 13.1 Å². The lowest BCUT2D eigenvalue weighted by atomic mass is 10.0. The van der Waals surface area contributed by atoms with Gasteiger partial charge in [-0.2, -0.15) is 0 Å². The summed E-state index contributed by atoms with van der Waals surface area (Å²) in [5, 5.41) is 0. The van der Waals surface area contributed by atoms with Gasteiger partial charge in [-0.25, -0.2) is 0 Å². The summed E-state index contributed by atoms with van der Waals surface area (Å²) in [5.41, 5.74) is 5.79. The molecule has 24 heavy (non-hydrogen) atoms. The number of carbonyl (C=O) groups is 1. The molecule has 5 nitrogen and oxygen atoms in total. The quantitative estimate of drug-likeness (QED) is 0.843. The first kappa shape index (κ1) is 17.0. The summed E-state index contributed by atoms with van der Waals surface area (Å²) in [6, 6.07) is 11.2. The molecule has 0 radical (unpaired) electrons. The largest absolute Gasteiger partial charge is 0.486 e. The van der Waals surface area contributed by atoms with Crippen LogP contribution in [0.5, 0.6) is 5.75 Å². The van der Waals surface area contributed by atoms with E-state index < -0.39 is 0 Å². The molecule has 0 saturated carbocycles. The molecule has 1 aromatic carbocycles. The summed E-state index contributed by atoms with van der Waals surface area (Å²) in [6.45, 7) is 1.52. The molecular formula is C18H21BrN2O3. The zero-order chi connectivity index (χ0) is 16.9. The molecule has 6 heteroatoms. The molecule has 0 bridgehead atoms. The summed E-state index contributed by atoms with van der Waals surface area (Å²) in [4.78, 5) is 14.5. The third-order valence-corrected chi connectivity index (χ3v) is 4.76. The van der Waals surface area contributed by atoms with Crippen molar-refractivity contribution in [3.05, 3.63) is 52.4 Å². The number of piperidine rings is 1. The van der Waals surface area contributed by atoms with Crippen molar-refractivity contribution in [2.45, 2.75) is 31.9 Å². The average molecular weight is 393 g/mol. The third-order valence-electron chi connectivity index (χ3n) is 4.23. The van der Waals surface area contributed by atoms with Gasteiger partial charge in [0.2, 0.25) is 0 Å². The number of benzene rings is 1. The topological polar surface area (TPSA) is 68.7 Å². The molecular weight excluding hydrogens is 372 g/mol. The van der Waals surface area contributed by atoms with E-state index >= 15 is 0 Å². The molecule has 1 amide bonds. The summed E-state index contributed by atoms with van der Waals surface area (Å²) in [6.07, 6.45) is 3.10. The van der Waals surface area contributed by atoms with Gasteiger partial charge in [0.05, 0.1) is 0 Å². The van der Waals surface area contributed by atoms with E-state index in [1.54, 1.807) is 12.1 Å². The van der Waals surface area contributed by atoms with Crippen LogP contribution >= 0.6 is 15.9 Å². The van der Waals surface area contributed by atoms with Gasteiger partial charge in [0, 0.05) is 23.6 Å². The number of likely N-dealkylation sites (tertiary alicyclic amines) is 1. The number of nitrogens with zero attached hydrogens (tertiary/aromatic N) is 1. The lowest BCUT2D eigenvalue weighted by Crippen LogP contribution is -2.47. The molecule has 1 aliphatic heterocycles. The Kier molecular flexibility index (Phi) is 5.58. The van der Waals surface area contributed by atoms with Crippen LogP contribution in [0.3, 0.4) is 0 Å². The summed E-state index contributed by atoms with van der Waals surface area (Å²) in [7, 11) is 0. The fourth-order valence-electron chi connectivity index (χ4n) is 2.91. The van der Waals surface area contributed by atoms with Crippen molar-refractivity contribution in [1.82, 2.24) is 4.90 Å². The first-order valence-corrected chi connectivity index (χ1v) is 8.95. The van der Waals surface area contributed by atoms with Crippen LogP contribution < -0.4 is 10.5 Å². The molecule has 3 rings (SSSR count). The molecule has 2 N–H and O–H groups in total. The first-order valence-electron chi connectivity index (χ1n) is 8.15. The van der Waals surface area contributed by atoms with Gasteiger partial charge in [-0.3, -0.25) is 4.79 Å². The predicted octanol–water partition coefficient (Wildman–Crippen LogP) is 3.57. The molecule has 2 heterocycles. The highest BCUT2D eigenvalue weighted by molar-refractivity contribution is 9.10.